The first kappa shape index (κ1) is 16.0. The Kier molecular flexibility index (Phi) is 3.88. The minimum Gasteiger partial charge on any atom is -0.496 e. The molecule has 0 saturated carbocycles. The van der Waals surface area contributed by atoms with Crippen molar-refractivity contribution in [1.82, 2.24) is 14.9 Å². The van der Waals surface area contributed by atoms with Crippen LogP contribution >= 0.6 is 0 Å². The van der Waals surface area contributed by atoms with Gasteiger partial charge in [-0.2, -0.15) is 0 Å². The summed E-state index contributed by atoms with van der Waals surface area (Å²) < 4.78 is 11.8. The lowest BCUT2D eigenvalue weighted by atomic mass is 9.78. The van der Waals surface area contributed by atoms with Crippen molar-refractivity contribution in [2.45, 2.75) is 24.9 Å². The van der Waals surface area contributed by atoms with Gasteiger partial charge in [0.15, 0.2) is 0 Å². The molecule has 1 aromatic heterocycles. The van der Waals surface area contributed by atoms with Crippen LogP contribution in [0.4, 0.5) is 0 Å². The number of ether oxygens (including phenoxy) is 2. The molecule has 1 aromatic carbocycles. The average Bonchev–Trinajstić information content (AvgIpc) is 3.08. The lowest BCUT2D eigenvalue weighted by molar-refractivity contribution is -0.0947. The zero-order chi connectivity index (χ0) is 17.4. The van der Waals surface area contributed by atoms with Crippen LogP contribution in [0, 0.1) is 0 Å². The third-order valence-corrected chi connectivity index (χ3v) is 5.22. The highest BCUT2D eigenvalue weighted by Crippen LogP contribution is 2.45. The highest BCUT2D eigenvalue weighted by atomic mass is 16.5. The van der Waals surface area contributed by atoms with Gasteiger partial charge in [-0.1, -0.05) is 12.1 Å². The Morgan fingerprint density at radius 2 is 2.12 bits per heavy atom. The lowest BCUT2D eigenvalue weighted by Crippen LogP contribution is -2.48. The van der Waals surface area contributed by atoms with Gasteiger partial charge < -0.3 is 24.3 Å². The summed E-state index contributed by atoms with van der Waals surface area (Å²) in [6.07, 6.45) is 3.72. The number of imidazole rings is 1. The minimum absolute atomic E-state index is 0.163. The fourth-order valence-corrected chi connectivity index (χ4v) is 3.98. The number of aromatic amines is 2. The number of carbonyl (C=O) groups is 1. The maximum Gasteiger partial charge on any atom is 0.323 e. The number of piperidine rings is 1. The van der Waals surface area contributed by atoms with Gasteiger partial charge in [0, 0.05) is 24.8 Å². The zero-order valence-corrected chi connectivity index (χ0v) is 14.1. The van der Waals surface area contributed by atoms with Crippen LogP contribution in [0.25, 0.3) is 0 Å². The number of likely N-dealkylation sites (tertiary alicyclic amines) is 1. The van der Waals surface area contributed by atoms with E-state index in [1.54, 1.807) is 12.0 Å². The molecule has 3 heterocycles. The normalized spacial score (nSPS) is 18.8. The number of hydrogen-bond donors (Lipinski definition) is 2. The van der Waals surface area contributed by atoms with Crippen molar-refractivity contribution in [1.29, 1.82) is 0 Å². The first-order valence-electron chi connectivity index (χ1n) is 8.50. The summed E-state index contributed by atoms with van der Waals surface area (Å²) in [7, 11) is 1.68. The summed E-state index contributed by atoms with van der Waals surface area (Å²) in [6, 6.07) is 6.11. The van der Waals surface area contributed by atoms with E-state index in [1.807, 2.05) is 12.1 Å². The van der Waals surface area contributed by atoms with Gasteiger partial charge in [-0.15, -0.1) is 0 Å². The molecule has 2 aromatic rings. The predicted molar refractivity (Wildman–Crippen MR) is 90.9 cm³/mol. The predicted octanol–water partition coefficient (Wildman–Crippen LogP) is 1.42. The lowest BCUT2D eigenvalue weighted by Gasteiger charge is -2.45. The molecule has 132 valence electrons. The quantitative estimate of drug-likeness (QED) is 0.863. The molecule has 0 radical (unpaired) electrons. The molecular formula is C18H21N3O4. The van der Waals surface area contributed by atoms with Crippen molar-refractivity contribution in [3.05, 3.63) is 51.7 Å². The molecule has 1 spiro atoms. The number of carbonyl (C=O) groups excluding carboxylic acids is 1. The van der Waals surface area contributed by atoms with Crippen LogP contribution in [-0.4, -0.2) is 47.6 Å². The fourth-order valence-electron chi connectivity index (χ4n) is 3.98. The summed E-state index contributed by atoms with van der Waals surface area (Å²) in [5.74, 6) is 0.691. The largest absolute Gasteiger partial charge is 0.496 e. The van der Waals surface area contributed by atoms with Gasteiger partial charge in [-0.05, 0) is 30.9 Å². The van der Waals surface area contributed by atoms with Gasteiger partial charge in [0.1, 0.15) is 17.0 Å². The fraction of sp³-hybridized carbons (Fsp3) is 0.444. The van der Waals surface area contributed by atoms with E-state index in [4.69, 9.17) is 9.47 Å². The number of rotatable bonds is 2. The van der Waals surface area contributed by atoms with E-state index in [0.717, 1.165) is 17.7 Å². The standard InChI is InChI=1S/C18H21N3O4/c1-24-14-4-2-3-12-5-10-25-18(15(12)14)6-8-21(9-7-18)16(22)13-11-19-17(23)20-13/h2-4,11H,5-10H2,1H3,(H2,19,20,23). The van der Waals surface area contributed by atoms with E-state index in [1.165, 1.54) is 11.8 Å². The number of fused-ring (bicyclic) bond motifs is 2. The Morgan fingerprint density at radius 3 is 2.80 bits per heavy atom. The van der Waals surface area contributed by atoms with Crippen molar-refractivity contribution < 1.29 is 14.3 Å². The maximum absolute atomic E-state index is 12.5. The first-order valence-corrected chi connectivity index (χ1v) is 8.50. The zero-order valence-electron chi connectivity index (χ0n) is 14.1. The molecule has 1 amide bonds. The Morgan fingerprint density at radius 1 is 1.32 bits per heavy atom. The molecule has 0 aliphatic carbocycles. The smallest absolute Gasteiger partial charge is 0.323 e. The van der Waals surface area contributed by atoms with E-state index in [-0.39, 0.29) is 11.6 Å². The molecular weight excluding hydrogens is 322 g/mol. The Hall–Kier alpha value is -2.54. The second-order valence-electron chi connectivity index (χ2n) is 6.54. The van der Waals surface area contributed by atoms with Gasteiger partial charge in [-0.3, -0.25) is 4.79 Å². The van der Waals surface area contributed by atoms with E-state index in [0.29, 0.717) is 38.2 Å². The molecule has 0 bridgehead atoms. The van der Waals surface area contributed by atoms with Crippen LogP contribution in [0.3, 0.4) is 0 Å². The number of H-pyrrole nitrogens is 2. The second kappa shape index (κ2) is 6.07. The maximum atomic E-state index is 12.5. The molecule has 7 nitrogen and oxygen atoms in total. The summed E-state index contributed by atoms with van der Waals surface area (Å²) in [4.78, 5) is 30.5. The highest BCUT2D eigenvalue weighted by Gasteiger charge is 2.43. The van der Waals surface area contributed by atoms with Gasteiger partial charge in [0.2, 0.25) is 0 Å². The highest BCUT2D eigenvalue weighted by molar-refractivity contribution is 5.92. The molecule has 0 unspecified atom stereocenters. The first-order chi connectivity index (χ1) is 12.1. The van der Waals surface area contributed by atoms with Crippen molar-refractivity contribution in [2.24, 2.45) is 0 Å². The molecule has 25 heavy (non-hydrogen) atoms. The van der Waals surface area contributed by atoms with Crippen molar-refractivity contribution in [3.8, 4) is 5.75 Å². The topological polar surface area (TPSA) is 87.4 Å². The van der Waals surface area contributed by atoms with Crippen LogP contribution in [0.2, 0.25) is 0 Å². The van der Waals surface area contributed by atoms with Crippen molar-refractivity contribution in [3.63, 3.8) is 0 Å². The van der Waals surface area contributed by atoms with Crippen molar-refractivity contribution in [2.75, 3.05) is 26.8 Å². The SMILES string of the molecule is COc1cccc2c1C1(CCN(C(=O)c3c[nH]c(=O)[nH]3)CC1)OCC2. The monoisotopic (exact) mass is 343 g/mol. The van der Waals surface area contributed by atoms with E-state index in [2.05, 4.69) is 16.0 Å². The molecule has 2 aliphatic heterocycles. The molecule has 4 rings (SSSR count). The van der Waals surface area contributed by atoms with E-state index >= 15 is 0 Å². The molecule has 7 heteroatoms. The number of hydrogen-bond acceptors (Lipinski definition) is 4. The Balaban J connectivity index is 1.58. The average molecular weight is 343 g/mol. The summed E-state index contributed by atoms with van der Waals surface area (Å²) in [5.41, 5.74) is 1.92. The molecule has 1 saturated heterocycles. The van der Waals surface area contributed by atoms with Crippen LogP contribution in [0.15, 0.2) is 29.2 Å². The Labute approximate surface area is 145 Å². The number of aromatic nitrogens is 2. The van der Waals surface area contributed by atoms with Crippen molar-refractivity contribution >= 4 is 5.91 Å². The number of amides is 1. The third-order valence-electron chi connectivity index (χ3n) is 5.22. The third kappa shape index (κ3) is 2.64. The number of benzene rings is 1. The molecule has 2 N–H and O–H groups in total. The van der Waals surface area contributed by atoms with E-state index < -0.39 is 5.60 Å². The second-order valence-corrected chi connectivity index (χ2v) is 6.54. The molecule has 1 fully saturated rings. The summed E-state index contributed by atoms with van der Waals surface area (Å²) in [6.45, 7) is 1.83. The molecule has 0 atom stereocenters. The Bertz CT molecular complexity index is 832. The summed E-state index contributed by atoms with van der Waals surface area (Å²) in [5, 5.41) is 0. The van der Waals surface area contributed by atoms with E-state index in [9.17, 15) is 9.59 Å². The van der Waals surface area contributed by atoms with Gasteiger partial charge in [0.05, 0.1) is 13.7 Å². The molecule has 2 aliphatic rings. The van der Waals surface area contributed by atoms with Crippen LogP contribution < -0.4 is 10.4 Å². The van der Waals surface area contributed by atoms with Gasteiger partial charge in [0.25, 0.3) is 5.91 Å². The van der Waals surface area contributed by atoms with Crippen LogP contribution in [0.5, 0.6) is 5.75 Å². The number of nitrogens with one attached hydrogen (secondary N) is 2. The van der Waals surface area contributed by atoms with Gasteiger partial charge in [-0.25, -0.2) is 4.79 Å². The summed E-state index contributed by atoms with van der Waals surface area (Å²) >= 11 is 0. The number of methoxy groups -OCH3 is 1. The van der Waals surface area contributed by atoms with Crippen LogP contribution in [0.1, 0.15) is 34.5 Å². The minimum atomic E-state index is -0.400. The van der Waals surface area contributed by atoms with Crippen LogP contribution in [-0.2, 0) is 16.8 Å². The number of nitrogens with zero attached hydrogens (tertiary/aromatic N) is 1. The van der Waals surface area contributed by atoms with Gasteiger partial charge >= 0.3 is 5.69 Å².